The molecule has 0 saturated heterocycles. The molecule has 2 aromatic carbocycles. The van der Waals surface area contributed by atoms with Gasteiger partial charge in [0.2, 0.25) is 0 Å². The van der Waals surface area contributed by atoms with E-state index in [1.165, 1.54) is 5.06 Å². The Balaban J connectivity index is 1.76. The molecule has 0 spiro atoms. The van der Waals surface area contributed by atoms with E-state index in [0.29, 0.717) is 12.1 Å². The molecule has 0 fully saturated rings. The minimum Gasteiger partial charge on any atom is -0.395 e. The normalized spacial score (nSPS) is 11.0. The Morgan fingerprint density at radius 1 is 1.09 bits per heavy atom. The highest BCUT2D eigenvalue weighted by molar-refractivity contribution is 5.89. The second-order valence-electron chi connectivity index (χ2n) is 5.19. The molecule has 118 valence electrons. The third-order valence-electron chi connectivity index (χ3n) is 3.59. The molecule has 0 aliphatic rings. The quantitative estimate of drug-likeness (QED) is 0.687. The zero-order valence-electron chi connectivity index (χ0n) is 12.6. The maximum absolute atomic E-state index is 12.2. The van der Waals surface area contributed by atoms with Gasteiger partial charge in [-0.05, 0) is 29.1 Å². The highest BCUT2D eigenvalue weighted by Gasteiger charge is 2.15. The molecule has 5 nitrogen and oxygen atoms in total. The molecular formula is C18H18N2O3. The van der Waals surface area contributed by atoms with Crippen LogP contribution in [0, 0.1) is 0 Å². The summed E-state index contributed by atoms with van der Waals surface area (Å²) in [5.41, 5.74) is 2.49. The predicted molar refractivity (Wildman–Crippen MR) is 87.7 cm³/mol. The van der Waals surface area contributed by atoms with Gasteiger partial charge in [-0.25, -0.2) is 4.79 Å². The van der Waals surface area contributed by atoms with Crippen molar-refractivity contribution in [2.45, 2.75) is 6.54 Å². The van der Waals surface area contributed by atoms with Gasteiger partial charge in [0, 0.05) is 6.20 Å². The van der Waals surface area contributed by atoms with Gasteiger partial charge in [0.25, 0.3) is 0 Å². The van der Waals surface area contributed by atoms with E-state index in [-0.39, 0.29) is 13.2 Å². The topological polar surface area (TPSA) is 65.6 Å². The summed E-state index contributed by atoms with van der Waals surface area (Å²) < 4.78 is 0. The Morgan fingerprint density at radius 2 is 1.91 bits per heavy atom. The zero-order valence-corrected chi connectivity index (χ0v) is 12.6. The summed E-state index contributed by atoms with van der Waals surface area (Å²) in [5, 5.41) is 11.8. The van der Waals surface area contributed by atoms with E-state index in [1.54, 1.807) is 24.3 Å². The molecule has 23 heavy (non-hydrogen) atoms. The van der Waals surface area contributed by atoms with E-state index in [4.69, 9.17) is 4.84 Å². The molecule has 0 atom stereocenters. The molecular weight excluding hydrogens is 292 g/mol. The number of carbonyl (C=O) groups excluding carboxylic acids is 1. The van der Waals surface area contributed by atoms with Crippen LogP contribution in [0.25, 0.3) is 10.9 Å². The van der Waals surface area contributed by atoms with Crippen molar-refractivity contribution in [2.75, 3.05) is 13.2 Å². The Kier molecular flexibility index (Phi) is 4.71. The lowest BCUT2D eigenvalue weighted by molar-refractivity contribution is -0.122. The maximum Gasteiger partial charge on any atom is 0.357 e. The summed E-state index contributed by atoms with van der Waals surface area (Å²) in [4.78, 5) is 20.8. The molecule has 5 heteroatoms. The van der Waals surface area contributed by atoms with Crippen LogP contribution in [0.4, 0.5) is 0 Å². The molecule has 0 bridgehead atoms. The average Bonchev–Trinajstić information content (AvgIpc) is 3.05. The van der Waals surface area contributed by atoms with Crippen molar-refractivity contribution in [3.05, 3.63) is 71.9 Å². The van der Waals surface area contributed by atoms with Crippen molar-refractivity contribution in [1.29, 1.82) is 0 Å². The van der Waals surface area contributed by atoms with Crippen LogP contribution in [-0.2, 0) is 11.4 Å². The first kappa shape index (κ1) is 15.3. The molecule has 0 unspecified atom stereocenters. The number of aromatic amines is 1. The number of nitrogens with one attached hydrogen (secondary N) is 1. The molecule has 1 heterocycles. The molecule has 0 saturated carbocycles. The number of hydroxylamine groups is 2. The van der Waals surface area contributed by atoms with Gasteiger partial charge in [-0.2, -0.15) is 0 Å². The van der Waals surface area contributed by atoms with Gasteiger partial charge in [-0.15, -0.1) is 5.06 Å². The van der Waals surface area contributed by atoms with Crippen molar-refractivity contribution >= 4 is 16.9 Å². The molecule has 3 aromatic rings. The lowest BCUT2D eigenvalue weighted by Crippen LogP contribution is -2.30. The van der Waals surface area contributed by atoms with Crippen LogP contribution in [0.5, 0.6) is 0 Å². The number of aromatic nitrogens is 1. The SMILES string of the molecule is O=C(ON(CCO)Cc1cccc2cc[nH]c12)c1ccccc1. The van der Waals surface area contributed by atoms with Crippen molar-refractivity contribution < 1.29 is 14.7 Å². The molecule has 0 aliphatic carbocycles. The number of hydrogen-bond acceptors (Lipinski definition) is 4. The third-order valence-corrected chi connectivity index (χ3v) is 3.59. The Hall–Kier alpha value is -2.63. The van der Waals surface area contributed by atoms with E-state index < -0.39 is 5.97 Å². The standard InChI is InChI=1S/C18H18N2O3/c21-12-11-20(23-18(22)15-5-2-1-3-6-15)13-16-8-4-7-14-9-10-19-17(14)16/h1-10,19,21H,11-13H2. The lowest BCUT2D eigenvalue weighted by Gasteiger charge is -2.20. The summed E-state index contributed by atoms with van der Waals surface area (Å²) in [6, 6.07) is 16.7. The van der Waals surface area contributed by atoms with Crippen LogP contribution >= 0.6 is 0 Å². The van der Waals surface area contributed by atoms with Gasteiger partial charge in [0.1, 0.15) is 0 Å². The first-order valence-corrected chi connectivity index (χ1v) is 7.46. The maximum atomic E-state index is 12.2. The number of para-hydroxylation sites is 1. The molecule has 1 aromatic heterocycles. The van der Waals surface area contributed by atoms with Gasteiger partial charge >= 0.3 is 5.97 Å². The highest BCUT2D eigenvalue weighted by Crippen LogP contribution is 2.19. The number of hydrogen-bond donors (Lipinski definition) is 2. The minimum atomic E-state index is -0.433. The van der Waals surface area contributed by atoms with Gasteiger partial charge in [-0.3, -0.25) is 0 Å². The number of H-pyrrole nitrogens is 1. The van der Waals surface area contributed by atoms with E-state index in [0.717, 1.165) is 16.5 Å². The van der Waals surface area contributed by atoms with Crippen LogP contribution in [-0.4, -0.2) is 34.3 Å². The van der Waals surface area contributed by atoms with Crippen molar-refractivity contribution in [3.63, 3.8) is 0 Å². The second-order valence-corrected chi connectivity index (χ2v) is 5.19. The summed E-state index contributed by atoms with van der Waals surface area (Å²) >= 11 is 0. The molecule has 0 aliphatic heterocycles. The van der Waals surface area contributed by atoms with Crippen molar-refractivity contribution in [1.82, 2.24) is 10.0 Å². The van der Waals surface area contributed by atoms with Gasteiger partial charge in [0.15, 0.2) is 0 Å². The summed E-state index contributed by atoms with van der Waals surface area (Å²) in [7, 11) is 0. The van der Waals surface area contributed by atoms with E-state index in [9.17, 15) is 9.90 Å². The van der Waals surface area contributed by atoms with Crippen molar-refractivity contribution in [2.24, 2.45) is 0 Å². The molecule has 0 amide bonds. The molecule has 2 N–H and O–H groups in total. The van der Waals surface area contributed by atoms with Gasteiger partial charge in [-0.1, -0.05) is 36.4 Å². The fourth-order valence-corrected chi connectivity index (χ4v) is 2.48. The second kappa shape index (κ2) is 7.09. The van der Waals surface area contributed by atoms with E-state index in [1.807, 2.05) is 36.5 Å². The zero-order chi connectivity index (χ0) is 16.1. The fourth-order valence-electron chi connectivity index (χ4n) is 2.48. The van der Waals surface area contributed by atoms with Crippen LogP contribution in [0.1, 0.15) is 15.9 Å². The fraction of sp³-hybridized carbons (Fsp3) is 0.167. The number of carbonyl (C=O) groups is 1. The van der Waals surface area contributed by atoms with Crippen LogP contribution in [0.15, 0.2) is 60.8 Å². The van der Waals surface area contributed by atoms with Crippen LogP contribution in [0.2, 0.25) is 0 Å². The number of nitrogens with zero attached hydrogens (tertiary/aromatic N) is 1. The molecule has 3 rings (SSSR count). The number of aliphatic hydroxyl groups excluding tert-OH is 1. The van der Waals surface area contributed by atoms with Gasteiger partial charge < -0.3 is 14.9 Å². The largest absolute Gasteiger partial charge is 0.395 e. The third kappa shape index (κ3) is 3.59. The minimum absolute atomic E-state index is 0.0945. The number of benzene rings is 2. The number of fused-ring (bicyclic) bond motifs is 1. The predicted octanol–water partition coefficient (Wildman–Crippen LogP) is 2.73. The van der Waals surface area contributed by atoms with Crippen molar-refractivity contribution in [3.8, 4) is 0 Å². The average molecular weight is 310 g/mol. The summed E-state index contributed by atoms with van der Waals surface area (Å²) in [5.74, 6) is -0.433. The lowest BCUT2D eigenvalue weighted by atomic mass is 10.1. The summed E-state index contributed by atoms with van der Waals surface area (Å²) in [6.45, 7) is 0.551. The van der Waals surface area contributed by atoms with Gasteiger partial charge in [0.05, 0.1) is 30.8 Å². The molecule has 0 radical (unpaired) electrons. The Labute approximate surface area is 134 Å². The number of aliphatic hydroxyl groups is 1. The highest BCUT2D eigenvalue weighted by atomic mass is 16.7. The van der Waals surface area contributed by atoms with E-state index in [2.05, 4.69) is 4.98 Å². The smallest absolute Gasteiger partial charge is 0.357 e. The van der Waals surface area contributed by atoms with Crippen LogP contribution in [0.3, 0.4) is 0 Å². The Morgan fingerprint density at radius 3 is 2.70 bits per heavy atom. The first-order chi connectivity index (χ1) is 11.3. The first-order valence-electron chi connectivity index (χ1n) is 7.46. The number of rotatable bonds is 6. The van der Waals surface area contributed by atoms with E-state index >= 15 is 0 Å². The van der Waals surface area contributed by atoms with Crippen LogP contribution < -0.4 is 0 Å². The Bertz CT molecular complexity index is 783. The summed E-state index contributed by atoms with van der Waals surface area (Å²) in [6.07, 6.45) is 1.88. The monoisotopic (exact) mass is 310 g/mol.